The highest BCUT2D eigenvalue weighted by molar-refractivity contribution is 5.80. The molecule has 0 bridgehead atoms. The van der Waals surface area contributed by atoms with Crippen LogP contribution in [0.15, 0.2) is 18.2 Å². The molecule has 1 atom stereocenters. The van der Waals surface area contributed by atoms with Crippen LogP contribution in [0.4, 0.5) is 8.78 Å². The van der Waals surface area contributed by atoms with Crippen LogP contribution in [-0.4, -0.2) is 18.6 Å². The molecule has 0 fully saturated rings. The molecule has 0 saturated carbocycles. The van der Waals surface area contributed by atoms with Crippen LogP contribution in [0.2, 0.25) is 0 Å². The second-order valence-electron chi connectivity index (χ2n) is 4.81. The molecule has 1 aromatic rings. The number of hydrogen-bond acceptors (Lipinski definition) is 2. The monoisotopic (exact) mass is 271 g/mol. The van der Waals surface area contributed by atoms with Gasteiger partial charge in [0.15, 0.2) is 17.7 Å². The van der Waals surface area contributed by atoms with Gasteiger partial charge >= 0.3 is 0 Å². The van der Waals surface area contributed by atoms with Gasteiger partial charge in [-0.05, 0) is 31.4 Å². The highest BCUT2D eigenvalue weighted by Crippen LogP contribution is 2.16. The molecule has 0 aromatic heterocycles. The van der Waals surface area contributed by atoms with Crippen molar-refractivity contribution in [2.75, 3.05) is 6.54 Å². The molecular weight excluding hydrogens is 252 g/mol. The topological polar surface area (TPSA) is 38.3 Å². The van der Waals surface area contributed by atoms with Crippen molar-refractivity contribution in [1.82, 2.24) is 5.32 Å². The van der Waals surface area contributed by atoms with E-state index >= 15 is 0 Å². The van der Waals surface area contributed by atoms with Gasteiger partial charge < -0.3 is 10.1 Å². The third-order valence-electron chi connectivity index (χ3n) is 2.59. The van der Waals surface area contributed by atoms with Crippen molar-refractivity contribution in [3.8, 4) is 5.75 Å². The molecule has 1 amide bonds. The molecule has 0 aliphatic rings. The number of halogens is 2. The van der Waals surface area contributed by atoms with Crippen LogP contribution in [0.1, 0.15) is 27.2 Å². The molecule has 0 radical (unpaired) electrons. The quantitative estimate of drug-likeness (QED) is 0.864. The van der Waals surface area contributed by atoms with E-state index in [0.717, 1.165) is 18.6 Å². The maximum absolute atomic E-state index is 13.0. The second-order valence-corrected chi connectivity index (χ2v) is 4.81. The van der Waals surface area contributed by atoms with Crippen molar-refractivity contribution in [3.05, 3.63) is 29.8 Å². The average Bonchev–Trinajstić information content (AvgIpc) is 2.33. The Balaban J connectivity index is 2.47. The van der Waals surface area contributed by atoms with Crippen LogP contribution >= 0.6 is 0 Å². The summed E-state index contributed by atoms with van der Waals surface area (Å²) in [6, 6.07) is 3.18. The fourth-order valence-corrected chi connectivity index (χ4v) is 1.44. The Morgan fingerprint density at radius 1 is 1.26 bits per heavy atom. The van der Waals surface area contributed by atoms with Crippen LogP contribution in [-0.2, 0) is 4.79 Å². The highest BCUT2D eigenvalue weighted by Gasteiger charge is 2.15. The van der Waals surface area contributed by atoms with Crippen molar-refractivity contribution in [2.24, 2.45) is 5.92 Å². The van der Waals surface area contributed by atoms with Gasteiger partial charge in [-0.3, -0.25) is 4.79 Å². The van der Waals surface area contributed by atoms with E-state index in [2.05, 4.69) is 19.2 Å². The van der Waals surface area contributed by atoms with Crippen molar-refractivity contribution < 1.29 is 18.3 Å². The van der Waals surface area contributed by atoms with Crippen molar-refractivity contribution in [3.63, 3.8) is 0 Å². The van der Waals surface area contributed by atoms with Crippen molar-refractivity contribution in [1.29, 1.82) is 0 Å². The Morgan fingerprint density at radius 3 is 2.53 bits per heavy atom. The van der Waals surface area contributed by atoms with Crippen LogP contribution in [0.25, 0.3) is 0 Å². The number of amides is 1. The van der Waals surface area contributed by atoms with E-state index in [4.69, 9.17) is 4.74 Å². The zero-order valence-electron chi connectivity index (χ0n) is 11.4. The van der Waals surface area contributed by atoms with Gasteiger partial charge in [-0.2, -0.15) is 0 Å². The lowest BCUT2D eigenvalue weighted by Crippen LogP contribution is -2.37. The lowest BCUT2D eigenvalue weighted by molar-refractivity contribution is -0.127. The van der Waals surface area contributed by atoms with Gasteiger partial charge in [0.05, 0.1) is 0 Å². The first kappa shape index (κ1) is 15.4. The molecular formula is C14H19F2NO2. The minimum atomic E-state index is -0.995. The van der Waals surface area contributed by atoms with Crippen molar-refractivity contribution >= 4 is 5.91 Å². The fraction of sp³-hybridized carbons (Fsp3) is 0.500. The normalized spacial score (nSPS) is 12.3. The first-order chi connectivity index (χ1) is 8.90. The lowest BCUT2D eigenvalue weighted by Gasteiger charge is -2.15. The maximum Gasteiger partial charge on any atom is 0.260 e. The molecule has 0 saturated heterocycles. The van der Waals surface area contributed by atoms with E-state index in [0.29, 0.717) is 12.5 Å². The van der Waals surface area contributed by atoms with Gasteiger partial charge in [-0.15, -0.1) is 0 Å². The molecule has 1 rings (SSSR count). The second kappa shape index (κ2) is 7.07. The zero-order valence-corrected chi connectivity index (χ0v) is 11.4. The number of carbonyl (C=O) groups is 1. The van der Waals surface area contributed by atoms with Gasteiger partial charge in [0.25, 0.3) is 5.91 Å². The van der Waals surface area contributed by atoms with Gasteiger partial charge in [-0.1, -0.05) is 13.8 Å². The molecule has 5 heteroatoms. The number of nitrogens with one attached hydrogen (secondary N) is 1. The van der Waals surface area contributed by atoms with Gasteiger partial charge in [0.2, 0.25) is 0 Å². The summed E-state index contributed by atoms with van der Waals surface area (Å²) in [6.07, 6.45) is 0.126. The predicted molar refractivity (Wildman–Crippen MR) is 68.9 cm³/mol. The van der Waals surface area contributed by atoms with Crippen LogP contribution in [0.5, 0.6) is 5.75 Å². The molecule has 0 aliphatic heterocycles. The summed E-state index contributed by atoms with van der Waals surface area (Å²) < 4.78 is 30.9. The fourth-order valence-electron chi connectivity index (χ4n) is 1.44. The first-order valence-electron chi connectivity index (χ1n) is 6.29. The summed E-state index contributed by atoms with van der Waals surface area (Å²) in [7, 11) is 0. The number of ether oxygens (including phenoxy) is 1. The number of carbonyl (C=O) groups excluding carboxylic acids is 1. The molecule has 0 heterocycles. The van der Waals surface area contributed by atoms with Crippen LogP contribution in [0.3, 0.4) is 0 Å². The maximum atomic E-state index is 13.0. The third kappa shape index (κ3) is 5.24. The highest BCUT2D eigenvalue weighted by atomic mass is 19.2. The third-order valence-corrected chi connectivity index (χ3v) is 2.59. The van der Waals surface area contributed by atoms with Gasteiger partial charge in [0.1, 0.15) is 5.75 Å². The Hall–Kier alpha value is -1.65. The number of hydrogen-bond donors (Lipinski definition) is 1. The minimum absolute atomic E-state index is 0.130. The molecule has 0 aliphatic carbocycles. The molecule has 1 aromatic carbocycles. The summed E-state index contributed by atoms with van der Waals surface area (Å²) in [6.45, 7) is 6.26. The number of benzene rings is 1. The van der Waals surface area contributed by atoms with Crippen molar-refractivity contribution in [2.45, 2.75) is 33.3 Å². The standard InChI is InChI=1S/C14H19F2NO2/c1-9(2)6-7-17-14(18)10(3)19-11-4-5-12(15)13(16)8-11/h4-5,8-10H,6-7H2,1-3H3,(H,17,18). The molecule has 106 valence electrons. The lowest BCUT2D eigenvalue weighted by atomic mass is 10.1. The average molecular weight is 271 g/mol. The summed E-state index contributed by atoms with van der Waals surface area (Å²) >= 11 is 0. The Morgan fingerprint density at radius 2 is 1.95 bits per heavy atom. The number of rotatable bonds is 6. The van der Waals surface area contributed by atoms with Crippen LogP contribution < -0.4 is 10.1 Å². The minimum Gasteiger partial charge on any atom is -0.481 e. The van der Waals surface area contributed by atoms with E-state index in [-0.39, 0.29) is 11.7 Å². The molecule has 1 unspecified atom stereocenters. The van der Waals surface area contributed by atoms with Gasteiger partial charge in [0, 0.05) is 12.6 Å². The van der Waals surface area contributed by atoms with E-state index in [9.17, 15) is 13.6 Å². The van der Waals surface area contributed by atoms with E-state index in [1.54, 1.807) is 6.92 Å². The Bertz CT molecular complexity index is 435. The SMILES string of the molecule is CC(C)CCNC(=O)C(C)Oc1ccc(F)c(F)c1. The Labute approximate surface area is 112 Å². The van der Waals surface area contributed by atoms with Crippen LogP contribution in [0, 0.1) is 17.6 Å². The first-order valence-corrected chi connectivity index (χ1v) is 6.29. The largest absolute Gasteiger partial charge is 0.481 e. The smallest absolute Gasteiger partial charge is 0.260 e. The zero-order chi connectivity index (χ0) is 14.4. The molecule has 3 nitrogen and oxygen atoms in total. The molecule has 0 spiro atoms. The predicted octanol–water partition coefficient (Wildman–Crippen LogP) is 2.89. The van der Waals surface area contributed by atoms with E-state index in [1.807, 2.05) is 0 Å². The van der Waals surface area contributed by atoms with Gasteiger partial charge in [-0.25, -0.2) is 8.78 Å². The summed E-state index contributed by atoms with van der Waals surface area (Å²) in [5.41, 5.74) is 0. The molecule has 19 heavy (non-hydrogen) atoms. The Kier molecular flexibility index (Phi) is 5.73. The summed E-state index contributed by atoms with van der Waals surface area (Å²) in [5, 5.41) is 2.73. The van der Waals surface area contributed by atoms with E-state index < -0.39 is 17.7 Å². The summed E-state index contributed by atoms with van der Waals surface area (Å²) in [5.74, 6) is -1.58. The summed E-state index contributed by atoms with van der Waals surface area (Å²) in [4.78, 5) is 11.7. The molecule has 1 N–H and O–H groups in total. The van der Waals surface area contributed by atoms with E-state index in [1.165, 1.54) is 6.07 Å².